The Balaban J connectivity index is 2.15. The molecule has 0 bridgehead atoms. The van der Waals surface area contributed by atoms with Crippen molar-refractivity contribution in [3.63, 3.8) is 0 Å². The van der Waals surface area contributed by atoms with E-state index in [9.17, 15) is 4.79 Å². The summed E-state index contributed by atoms with van der Waals surface area (Å²) in [6.45, 7) is 5.24. The average molecular weight is 392 g/mol. The van der Waals surface area contributed by atoms with Gasteiger partial charge in [0.05, 0.1) is 3.23 Å². The van der Waals surface area contributed by atoms with Gasteiger partial charge in [0.2, 0.25) is 0 Å². The Morgan fingerprint density at radius 2 is 1.79 bits per heavy atom. The summed E-state index contributed by atoms with van der Waals surface area (Å²) >= 11 is 7.28. The summed E-state index contributed by atoms with van der Waals surface area (Å²) in [5, 5.41) is 9.03. The van der Waals surface area contributed by atoms with Crippen LogP contribution >= 0.6 is 31.9 Å². The van der Waals surface area contributed by atoms with Gasteiger partial charge in [-0.05, 0) is 38.0 Å². The van der Waals surface area contributed by atoms with E-state index in [0.717, 1.165) is 6.42 Å². The second-order valence-corrected chi connectivity index (χ2v) is 9.43. The Bertz CT molecular complexity index is 508. The van der Waals surface area contributed by atoms with Crippen LogP contribution < -0.4 is 4.74 Å². The molecule has 2 rings (SSSR count). The summed E-state index contributed by atoms with van der Waals surface area (Å²) < 4.78 is 5.45. The maximum atomic E-state index is 11.0. The summed E-state index contributed by atoms with van der Waals surface area (Å²) in [5.74, 6) is -0.416. The average Bonchev–Trinajstić information content (AvgIpc) is 2.79. The fraction of sp³-hybridized carbons (Fsp3) is 0.500. The van der Waals surface area contributed by atoms with Gasteiger partial charge >= 0.3 is 5.97 Å². The summed E-state index contributed by atoms with van der Waals surface area (Å²) in [4.78, 5) is 11.0. The largest absolute Gasteiger partial charge is 0.478 e. The monoisotopic (exact) mass is 390 g/mol. The SMILES string of the molecule is CC(C)(Oc1ccc(C2(C)CC2(Br)Br)cc1)C(=O)O. The van der Waals surface area contributed by atoms with E-state index in [4.69, 9.17) is 9.84 Å². The van der Waals surface area contributed by atoms with Crippen LogP contribution in [0.1, 0.15) is 32.8 Å². The smallest absolute Gasteiger partial charge is 0.347 e. The molecule has 1 N–H and O–H groups in total. The maximum Gasteiger partial charge on any atom is 0.347 e. The molecule has 5 heteroatoms. The number of hydrogen-bond donors (Lipinski definition) is 1. The quantitative estimate of drug-likeness (QED) is 0.786. The summed E-state index contributed by atoms with van der Waals surface area (Å²) in [7, 11) is 0. The molecule has 1 aliphatic carbocycles. The number of hydrogen-bond acceptors (Lipinski definition) is 2. The first-order chi connectivity index (χ1) is 8.58. The molecule has 1 aromatic carbocycles. The lowest BCUT2D eigenvalue weighted by molar-refractivity contribution is -0.152. The molecule has 1 unspecified atom stereocenters. The molecule has 0 aliphatic heterocycles. The molecule has 104 valence electrons. The lowest BCUT2D eigenvalue weighted by Crippen LogP contribution is -2.37. The number of alkyl halides is 2. The third-order valence-corrected chi connectivity index (χ3v) is 5.95. The molecular formula is C14H16Br2O3. The van der Waals surface area contributed by atoms with E-state index in [-0.39, 0.29) is 8.65 Å². The summed E-state index contributed by atoms with van der Waals surface area (Å²) in [6.07, 6.45) is 1.01. The molecule has 19 heavy (non-hydrogen) atoms. The Labute approximate surface area is 129 Å². The van der Waals surface area contributed by atoms with Crippen LogP contribution in [0.4, 0.5) is 0 Å². The van der Waals surface area contributed by atoms with Gasteiger partial charge in [0.15, 0.2) is 5.60 Å². The second-order valence-electron chi connectivity index (χ2n) is 5.66. The highest BCUT2D eigenvalue weighted by Gasteiger charge is 2.62. The third kappa shape index (κ3) is 2.68. The van der Waals surface area contributed by atoms with E-state index in [2.05, 4.69) is 38.8 Å². The highest BCUT2D eigenvalue weighted by Crippen LogP contribution is 2.66. The molecule has 3 nitrogen and oxygen atoms in total. The lowest BCUT2D eigenvalue weighted by atomic mass is 9.98. The van der Waals surface area contributed by atoms with Crippen molar-refractivity contribution < 1.29 is 14.6 Å². The van der Waals surface area contributed by atoms with Crippen molar-refractivity contribution in [2.75, 3.05) is 0 Å². The minimum Gasteiger partial charge on any atom is -0.478 e. The van der Waals surface area contributed by atoms with Gasteiger partial charge < -0.3 is 9.84 Å². The Hall–Kier alpha value is -0.550. The molecule has 1 aliphatic rings. The van der Waals surface area contributed by atoms with E-state index >= 15 is 0 Å². The molecule has 0 saturated heterocycles. The first kappa shape index (κ1) is 14.9. The fourth-order valence-corrected chi connectivity index (χ4v) is 3.52. The Morgan fingerprint density at radius 1 is 1.32 bits per heavy atom. The number of benzene rings is 1. The van der Waals surface area contributed by atoms with Crippen molar-refractivity contribution in [3.8, 4) is 5.75 Å². The van der Waals surface area contributed by atoms with E-state index in [1.54, 1.807) is 0 Å². The van der Waals surface area contributed by atoms with Gasteiger partial charge in [0.25, 0.3) is 0 Å². The number of carbonyl (C=O) groups is 1. The molecule has 1 aromatic rings. The van der Waals surface area contributed by atoms with E-state index < -0.39 is 11.6 Å². The summed E-state index contributed by atoms with van der Waals surface area (Å²) in [6, 6.07) is 7.61. The lowest BCUT2D eigenvalue weighted by Gasteiger charge is -2.22. The highest BCUT2D eigenvalue weighted by molar-refractivity contribution is 9.25. The molecule has 0 radical (unpaired) electrons. The number of halogens is 2. The molecule has 0 aromatic heterocycles. The van der Waals surface area contributed by atoms with Gasteiger partial charge in [0.1, 0.15) is 5.75 Å². The van der Waals surface area contributed by atoms with Gasteiger partial charge in [-0.3, -0.25) is 0 Å². The maximum absolute atomic E-state index is 11.0. The topological polar surface area (TPSA) is 46.5 Å². The van der Waals surface area contributed by atoms with Crippen LogP contribution in [0.3, 0.4) is 0 Å². The van der Waals surface area contributed by atoms with Gasteiger partial charge in [0, 0.05) is 5.41 Å². The fourth-order valence-electron chi connectivity index (χ4n) is 1.94. The van der Waals surface area contributed by atoms with Crippen molar-refractivity contribution in [2.24, 2.45) is 0 Å². The number of rotatable bonds is 4. The second kappa shape index (κ2) is 4.48. The predicted octanol–water partition coefficient (Wildman–Crippen LogP) is 4.08. The van der Waals surface area contributed by atoms with Crippen LogP contribution in [0, 0.1) is 0 Å². The van der Waals surface area contributed by atoms with Crippen LogP contribution in [-0.2, 0) is 10.2 Å². The highest BCUT2D eigenvalue weighted by atomic mass is 79.9. The zero-order valence-corrected chi connectivity index (χ0v) is 14.2. The van der Waals surface area contributed by atoms with E-state index in [1.807, 2.05) is 24.3 Å². The van der Waals surface area contributed by atoms with Gasteiger partial charge in [-0.1, -0.05) is 50.9 Å². The normalized spacial score (nSPS) is 24.9. The molecule has 0 heterocycles. The van der Waals surface area contributed by atoms with Crippen molar-refractivity contribution in [2.45, 2.75) is 41.4 Å². The van der Waals surface area contributed by atoms with E-state index in [0.29, 0.717) is 5.75 Å². The molecule has 1 saturated carbocycles. The standard InChI is InChI=1S/C14H16Br2O3/c1-12(2,11(17)18)19-10-6-4-9(5-7-10)13(3)8-14(13,15)16/h4-7H,8H2,1-3H3,(H,17,18). The van der Waals surface area contributed by atoms with Gasteiger partial charge in [-0.25, -0.2) is 4.79 Å². The molecule has 0 spiro atoms. The van der Waals surface area contributed by atoms with Crippen molar-refractivity contribution in [3.05, 3.63) is 29.8 Å². The number of carboxylic acid groups (broad SMARTS) is 1. The number of carboxylic acids is 1. The zero-order valence-electron chi connectivity index (χ0n) is 11.0. The molecule has 0 amide bonds. The Morgan fingerprint density at radius 3 is 2.16 bits per heavy atom. The summed E-state index contributed by atoms with van der Waals surface area (Å²) in [5.41, 5.74) is 0.0368. The zero-order chi connectivity index (χ0) is 14.5. The van der Waals surface area contributed by atoms with Crippen LogP contribution in [0.15, 0.2) is 24.3 Å². The van der Waals surface area contributed by atoms with Crippen LogP contribution in [0.2, 0.25) is 0 Å². The van der Waals surface area contributed by atoms with Gasteiger partial charge in [-0.15, -0.1) is 0 Å². The van der Waals surface area contributed by atoms with E-state index in [1.165, 1.54) is 19.4 Å². The third-order valence-electron chi connectivity index (χ3n) is 3.64. The van der Waals surface area contributed by atoms with Crippen LogP contribution in [-0.4, -0.2) is 19.9 Å². The Kier molecular flexibility index (Phi) is 3.51. The van der Waals surface area contributed by atoms with Crippen molar-refractivity contribution in [1.29, 1.82) is 0 Å². The van der Waals surface area contributed by atoms with Gasteiger partial charge in [-0.2, -0.15) is 0 Å². The molecule has 1 fully saturated rings. The predicted molar refractivity (Wildman–Crippen MR) is 81.3 cm³/mol. The molecule has 1 atom stereocenters. The first-order valence-electron chi connectivity index (χ1n) is 5.99. The minimum absolute atomic E-state index is 0.0320. The minimum atomic E-state index is -1.22. The number of aliphatic carboxylic acids is 1. The number of ether oxygens (including phenoxy) is 1. The van der Waals surface area contributed by atoms with Crippen LogP contribution in [0.25, 0.3) is 0 Å². The first-order valence-corrected chi connectivity index (χ1v) is 7.58. The molecular weight excluding hydrogens is 376 g/mol. The van der Waals surface area contributed by atoms with Crippen molar-refractivity contribution in [1.82, 2.24) is 0 Å². The van der Waals surface area contributed by atoms with Crippen LogP contribution in [0.5, 0.6) is 5.75 Å². The van der Waals surface area contributed by atoms with Crippen molar-refractivity contribution >= 4 is 37.8 Å².